The minimum absolute atomic E-state index is 0.146. The van der Waals surface area contributed by atoms with Gasteiger partial charge in [0.2, 0.25) is 0 Å². The van der Waals surface area contributed by atoms with E-state index in [0.717, 1.165) is 6.54 Å². The van der Waals surface area contributed by atoms with Crippen LogP contribution in [0.3, 0.4) is 0 Å². The van der Waals surface area contributed by atoms with E-state index in [-0.39, 0.29) is 5.41 Å². The van der Waals surface area contributed by atoms with Gasteiger partial charge in [0.05, 0.1) is 6.20 Å². The lowest BCUT2D eigenvalue weighted by atomic mass is 9.87. The predicted molar refractivity (Wildman–Crippen MR) is 64.1 cm³/mol. The Morgan fingerprint density at radius 3 is 2.47 bits per heavy atom. The summed E-state index contributed by atoms with van der Waals surface area (Å²) in [4.78, 5) is 0. The van der Waals surface area contributed by atoms with E-state index in [0.29, 0.717) is 6.04 Å². The molecule has 1 unspecified atom stereocenters. The lowest BCUT2D eigenvalue weighted by molar-refractivity contribution is 0.485. The van der Waals surface area contributed by atoms with Gasteiger partial charge in [0.25, 0.3) is 0 Å². The molecule has 0 radical (unpaired) electrons. The van der Waals surface area contributed by atoms with Crippen LogP contribution in [0.2, 0.25) is 0 Å². The van der Waals surface area contributed by atoms with E-state index in [2.05, 4.69) is 49.7 Å². The van der Waals surface area contributed by atoms with Gasteiger partial charge >= 0.3 is 0 Å². The molecule has 0 fully saturated rings. The van der Waals surface area contributed by atoms with E-state index < -0.39 is 0 Å². The van der Waals surface area contributed by atoms with Gasteiger partial charge < -0.3 is 5.32 Å². The van der Waals surface area contributed by atoms with Gasteiger partial charge in [-0.05, 0) is 20.9 Å². The van der Waals surface area contributed by atoms with E-state index >= 15 is 0 Å². The zero-order chi connectivity index (χ0) is 11.6. The standard InChI is InChI=1S/C12H23N3/c1-7-15-11(12(3,4)5)10(8-14-15)9(2)13-6/h8-9,13H,7H2,1-6H3. The first-order valence-corrected chi connectivity index (χ1v) is 5.65. The van der Waals surface area contributed by atoms with Crippen molar-refractivity contribution in [2.45, 2.75) is 52.6 Å². The zero-order valence-corrected chi connectivity index (χ0v) is 10.8. The van der Waals surface area contributed by atoms with Gasteiger partial charge in [-0.25, -0.2) is 0 Å². The third-order valence-electron chi connectivity index (χ3n) is 2.78. The van der Waals surface area contributed by atoms with E-state index in [1.165, 1.54) is 11.3 Å². The van der Waals surface area contributed by atoms with Crippen LogP contribution in [0.25, 0.3) is 0 Å². The summed E-state index contributed by atoms with van der Waals surface area (Å²) in [6, 6.07) is 0.361. The van der Waals surface area contributed by atoms with Crippen molar-refractivity contribution in [2.75, 3.05) is 7.05 Å². The first-order valence-electron chi connectivity index (χ1n) is 5.65. The van der Waals surface area contributed by atoms with Gasteiger partial charge in [0.15, 0.2) is 0 Å². The topological polar surface area (TPSA) is 29.9 Å². The van der Waals surface area contributed by atoms with Crippen LogP contribution in [0.5, 0.6) is 0 Å². The Labute approximate surface area is 92.9 Å². The fraction of sp³-hybridized carbons (Fsp3) is 0.750. The summed E-state index contributed by atoms with van der Waals surface area (Å²) in [6.45, 7) is 12.0. The molecule has 1 rings (SSSR count). The molecule has 0 aliphatic carbocycles. The number of rotatable bonds is 3. The number of nitrogens with one attached hydrogen (secondary N) is 1. The van der Waals surface area contributed by atoms with Gasteiger partial charge in [-0.2, -0.15) is 5.10 Å². The molecule has 0 bridgehead atoms. The Morgan fingerprint density at radius 1 is 1.47 bits per heavy atom. The molecule has 1 N–H and O–H groups in total. The van der Waals surface area contributed by atoms with Gasteiger partial charge in [0, 0.05) is 29.3 Å². The van der Waals surface area contributed by atoms with E-state index in [1.54, 1.807) is 0 Å². The van der Waals surface area contributed by atoms with Crippen LogP contribution < -0.4 is 5.32 Å². The van der Waals surface area contributed by atoms with Crippen molar-refractivity contribution < 1.29 is 0 Å². The number of hydrogen-bond acceptors (Lipinski definition) is 2. The molecular formula is C12H23N3. The molecule has 1 heterocycles. The number of nitrogens with zero attached hydrogens (tertiary/aromatic N) is 2. The molecule has 15 heavy (non-hydrogen) atoms. The van der Waals surface area contributed by atoms with Crippen LogP contribution in [0.4, 0.5) is 0 Å². The van der Waals surface area contributed by atoms with Crippen molar-refractivity contribution in [2.24, 2.45) is 0 Å². The number of aryl methyl sites for hydroxylation is 1. The van der Waals surface area contributed by atoms with Crippen molar-refractivity contribution in [3.8, 4) is 0 Å². The first-order chi connectivity index (χ1) is 6.91. The van der Waals surface area contributed by atoms with Crippen molar-refractivity contribution in [1.29, 1.82) is 0 Å². The molecule has 0 spiro atoms. The average molecular weight is 209 g/mol. The van der Waals surface area contributed by atoms with E-state index in [4.69, 9.17) is 0 Å². The molecule has 0 aliphatic rings. The maximum absolute atomic E-state index is 4.45. The minimum atomic E-state index is 0.146. The van der Waals surface area contributed by atoms with Crippen molar-refractivity contribution in [1.82, 2.24) is 15.1 Å². The zero-order valence-electron chi connectivity index (χ0n) is 10.8. The van der Waals surface area contributed by atoms with Crippen molar-refractivity contribution in [3.63, 3.8) is 0 Å². The second-order valence-corrected chi connectivity index (χ2v) is 5.02. The molecule has 86 valence electrons. The maximum Gasteiger partial charge on any atom is 0.0540 e. The minimum Gasteiger partial charge on any atom is -0.313 e. The molecule has 0 aromatic carbocycles. The highest BCUT2D eigenvalue weighted by Crippen LogP contribution is 2.29. The summed E-state index contributed by atoms with van der Waals surface area (Å²) in [6.07, 6.45) is 1.99. The molecule has 0 saturated carbocycles. The summed E-state index contributed by atoms with van der Waals surface area (Å²) < 4.78 is 2.10. The van der Waals surface area contributed by atoms with Gasteiger partial charge in [-0.15, -0.1) is 0 Å². The molecule has 3 nitrogen and oxygen atoms in total. The fourth-order valence-electron chi connectivity index (χ4n) is 1.93. The quantitative estimate of drug-likeness (QED) is 0.829. The largest absolute Gasteiger partial charge is 0.313 e. The highest BCUT2D eigenvalue weighted by atomic mass is 15.3. The van der Waals surface area contributed by atoms with Crippen LogP contribution in [-0.4, -0.2) is 16.8 Å². The molecule has 1 aromatic rings. The molecule has 3 heteroatoms. The Balaban J connectivity index is 3.23. The molecule has 1 aromatic heterocycles. The second-order valence-electron chi connectivity index (χ2n) is 5.02. The molecule has 0 amide bonds. The Hall–Kier alpha value is -0.830. The average Bonchev–Trinajstić information content (AvgIpc) is 2.59. The third-order valence-corrected chi connectivity index (χ3v) is 2.78. The first kappa shape index (κ1) is 12.2. The maximum atomic E-state index is 4.45. The van der Waals surface area contributed by atoms with Crippen LogP contribution in [0, 0.1) is 0 Å². The van der Waals surface area contributed by atoms with Crippen LogP contribution in [0.1, 0.15) is 51.9 Å². The highest BCUT2D eigenvalue weighted by molar-refractivity contribution is 5.27. The Morgan fingerprint density at radius 2 is 2.07 bits per heavy atom. The van der Waals surface area contributed by atoms with Crippen LogP contribution in [-0.2, 0) is 12.0 Å². The summed E-state index contributed by atoms with van der Waals surface area (Å²) >= 11 is 0. The van der Waals surface area contributed by atoms with Crippen LogP contribution >= 0.6 is 0 Å². The lowest BCUT2D eigenvalue weighted by Crippen LogP contribution is -2.23. The SMILES string of the molecule is CCn1ncc(C(C)NC)c1C(C)(C)C. The summed E-state index contributed by atoms with van der Waals surface area (Å²) in [5.41, 5.74) is 2.80. The number of hydrogen-bond donors (Lipinski definition) is 1. The molecular weight excluding hydrogens is 186 g/mol. The van der Waals surface area contributed by atoms with Crippen molar-refractivity contribution in [3.05, 3.63) is 17.5 Å². The van der Waals surface area contributed by atoms with E-state index in [1.807, 2.05) is 13.2 Å². The molecule has 1 atom stereocenters. The summed E-state index contributed by atoms with van der Waals surface area (Å²) in [7, 11) is 1.99. The van der Waals surface area contributed by atoms with Gasteiger partial charge in [0.1, 0.15) is 0 Å². The molecule has 0 saturated heterocycles. The number of aromatic nitrogens is 2. The Kier molecular flexibility index (Phi) is 3.55. The van der Waals surface area contributed by atoms with Crippen molar-refractivity contribution >= 4 is 0 Å². The van der Waals surface area contributed by atoms with Gasteiger partial charge in [-0.1, -0.05) is 20.8 Å². The third kappa shape index (κ3) is 2.40. The second kappa shape index (κ2) is 4.35. The predicted octanol–water partition coefficient (Wildman–Crippen LogP) is 2.48. The monoisotopic (exact) mass is 209 g/mol. The normalized spacial score (nSPS) is 14.3. The summed E-state index contributed by atoms with van der Waals surface area (Å²) in [5, 5.41) is 7.72. The molecule has 0 aliphatic heterocycles. The highest BCUT2D eigenvalue weighted by Gasteiger charge is 2.25. The smallest absolute Gasteiger partial charge is 0.0540 e. The summed E-state index contributed by atoms with van der Waals surface area (Å²) in [5.74, 6) is 0. The lowest BCUT2D eigenvalue weighted by Gasteiger charge is -2.24. The van der Waals surface area contributed by atoms with Gasteiger partial charge in [-0.3, -0.25) is 4.68 Å². The van der Waals surface area contributed by atoms with Crippen LogP contribution in [0.15, 0.2) is 6.20 Å². The Bertz CT molecular complexity index is 320. The fourth-order valence-corrected chi connectivity index (χ4v) is 1.93. The van der Waals surface area contributed by atoms with E-state index in [9.17, 15) is 0 Å².